The summed E-state index contributed by atoms with van der Waals surface area (Å²) in [5, 5.41) is 4.27. The van der Waals surface area contributed by atoms with E-state index >= 15 is 0 Å². The minimum Gasteiger partial charge on any atom is -0.491 e. The van der Waals surface area contributed by atoms with E-state index in [9.17, 15) is 0 Å². The predicted molar refractivity (Wildman–Crippen MR) is 87.4 cm³/mol. The lowest BCUT2D eigenvalue weighted by molar-refractivity contribution is 0.279. The van der Waals surface area contributed by atoms with Crippen LogP contribution in [0, 0.1) is 5.92 Å². The molecule has 4 heteroatoms. The van der Waals surface area contributed by atoms with Gasteiger partial charge >= 0.3 is 0 Å². The number of halogens is 1. The van der Waals surface area contributed by atoms with Gasteiger partial charge in [-0.25, -0.2) is 0 Å². The summed E-state index contributed by atoms with van der Waals surface area (Å²) < 4.78 is 10.9. The SMILES string of the molecule is CCOc1cc(CNC2CCCCC2C)cc(Cl)c1OC. The Balaban J connectivity index is 2.05. The van der Waals surface area contributed by atoms with E-state index in [0.29, 0.717) is 23.4 Å². The molecule has 0 heterocycles. The largest absolute Gasteiger partial charge is 0.491 e. The van der Waals surface area contributed by atoms with E-state index < -0.39 is 0 Å². The van der Waals surface area contributed by atoms with Gasteiger partial charge in [0, 0.05) is 12.6 Å². The Bertz CT molecular complexity index is 464. The van der Waals surface area contributed by atoms with Gasteiger partial charge in [0.05, 0.1) is 18.7 Å². The molecule has 0 saturated heterocycles. The summed E-state index contributed by atoms with van der Waals surface area (Å²) in [4.78, 5) is 0. The Labute approximate surface area is 133 Å². The molecule has 2 unspecified atom stereocenters. The van der Waals surface area contributed by atoms with E-state index in [-0.39, 0.29) is 0 Å². The van der Waals surface area contributed by atoms with Gasteiger partial charge in [-0.15, -0.1) is 0 Å². The Morgan fingerprint density at radius 2 is 2.05 bits per heavy atom. The molecule has 1 aromatic carbocycles. The third-order valence-corrected chi connectivity index (χ3v) is 4.53. The van der Waals surface area contributed by atoms with Gasteiger partial charge in [-0.2, -0.15) is 0 Å². The van der Waals surface area contributed by atoms with Gasteiger partial charge in [-0.1, -0.05) is 31.4 Å². The molecule has 0 amide bonds. The van der Waals surface area contributed by atoms with Crippen LogP contribution in [0.25, 0.3) is 0 Å². The minimum atomic E-state index is 0.600. The molecule has 0 spiro atoms. The summed E-state index contributed by atoms with van der Waals surface area (Å²) in [5.74, 6) is 2.09. The number of rotatable bonds is 6. The van der Waals surface area contributed by atoms with E-state index in [2.05, 4.69) is 12.2 Å². The molecule has 2 rings (SSSR count). The molecule has 1 N–H and O–H groups in total. The maximum Gasteiger partial charge on any atom is 0.179 e. The van der Waals surface area contributed by atoms with Crippen LogP contribution >= 0.6 is 11.6 Å². The van der Waals surface area contributed by atoms with Gasteiger partial charge < -0.3 is 14.8 Å². The lowest BCUT2D eigenvalue weighted by Gasteiger charge is -2.29. The van der Waals surface area contributed by atoms with Crippen LogP contribution in [0.1, 0.15) is 45.1 Å². The quantitative estimate of drug-likeness (QED) is 0.844. The van der Waals surface area contributed by atoms with Crippen LogP contribution in [0.15, 0.2) is 12.1 Å². The Morgan fingerprint density at radius 1 is 1.29 bits per heavy atom. The highest BCUT2D eigenvalue weighted by atomic mass is 35.5. The number of nitrogens with one attached hydrogen (secondary N) is 1. The van der Waals surface area contributed by atoms with Crippen molar-refractivity contribution in [2.45, 2.75) is 52.1 Å². The van der Waals surface area contributed by atoms with Crippen LogP contribution in [0.5, 0.6) is 11.5 Å². The molecule has 3 nitrogen and oxygen atoms in total. The van der Waals surface area contributed by atoms with Gasteiger partial charge in [0.2, 0.25) is 0 Å². The van der Waals surface area contributed by atoms with E-state index in [4.69, 9.17) is 21.1 Å². The first-order valence-corrected chi connectivity index (χ1v) is 8.26. The number of benzene rings is 1. The fourth-order valence-electron chi connectivity index (χ4n) is 3.05. The summed E-state index contributed by atoms with van der Waals surface area (Å²) in [6.45, 7) is 5.72. The van der Waals surface area contributed by atoms with Crippen molar-refractivity contribution in [3.63, 3.8) is 0 Å². The molecule has 1 aliphatic carbocycles. The molecule has 0 aromatic heterocycles. The van der Waals surface area contributed by atoms with Crippen molar-refractivity contribution >= 4 is 11.6 Å². The first-order valence-electron chi connectivity index (χ1n) is 7.88. The van der Waals surface area contributed by atoms with E-state index in [1.807, 2.05) is 19.1 Å². The molecular formula is C17H26ClNO2. The van der Waals surface area contributed by atoms with Gasteiger partial charge in [0.15, 0.2) is 11.5 Å². The second kappa shape index (κ2) is 7.90. The Kier molecular flexibility index (Phi) is 6.19. The molecule has 1 fully saturated rings. The smallest absolute Gasteiger partial charge is 0.179 e. The van der Waals surface area contributed by atoms with Gasteiger partial charge in [0.25, 0.3) is 0 Å². The third-order valence-electron chi connectivity index (χ3n) is 4.25. The zero-order valence-corrected chi connectivity index (χ0v) is 14.0. The van der Waals surface area contributed by atoms with Crippen LogP contribution < -0.4 is 14.8 Å². The average molecular weight is 312 g/mol. The molecular weight excluding hydrogens is 286 g/mol. The number of hydrogen-bond acceptors (Lipinski definition) is 3. The monoisotopic (exact) mass is 311 g/mol. The second-order valence-corrected chi connectivity index (χ2v) is 6.20. The van der Waals surface area contributed by atoms with Crippen LogP contribution in [-0.2, 0) is 6.54 Å². The summed E-state index contributed by atoms with van der Waals surface area (Å²) in [6, 6.07) is 4.59. The normalized spacial score (nSPS) is 22.1. The van der Waals surface area contributed by atoms with Gasteiger partial charge in [-0.3, -0.25) is 0 Å². The standard InChI is InChI=1S/C17H26ClNO2/c1-4-21-16-10-13(9-14(18)17(16)20-3)11-19-15-8-6-5-7-12(15)2/h9-10,12,15,19H,4-8,11H2,1-3H3. The van der Waals surface area contributed by atoms with Gasteiger partial charge in [-0.05, 0) is 43.4 Å². The zero-order valence-electron chi connectivity index (χ0n) is 13.2. The van der Waals surface area contributed by atoms with Crippen LogP contribution in [-0.4, -0.2) is 19.8 Å². The molecule has 2 atom stereocenters. The summed E-state index contributed by atoms with van der Waals surface area (Å²) in [5.41, 5.74) is 1.14. The van der Waals surface area contributed by atoms with Gasteiger partial charge in [0.1, 0.15) is 0 Å². The van der Waals surface area contributed by atoms with Crippen LogP contribution in [0.4, 0.5) is 0 Å². The average Bonchev–Trinajstić information content (AvgIpc) is 2.47. The predicted octanol–water partition coefficient (Wildman–Crippen LogP) is 4.42. The topological polar surface area (TPSA) is 30.5 Å². The minimum absolute atomic E-state index is 0.600. The lowest BCUT2D eigenvalue weighted by Crippen LogP contribution is -2.36. The molecule has 1 saturated carbocycles. The molecule has 0 bridgehead atoms. The molecule has 1 aromatic rings. The molecule has 118 valence electrons. The molecule has 1 aliphatic rings. The third kappa shape index (κ3) is 4.27. The maximum absolute atomic E-state index is 6.29. The first kappa shape index (κ1) is 16.4. The lowest BCUT2D eigenvalue weighted by atomic mass is 9.86. The van der Waals surface area contributed by atoms with E-state index in [1.54, 1.807) is 7.11 Å². The van der Waals surface area contributed by atoms with Crippen molar-refractivity contribution in [1.82, 2.24) is 5.32 Å². The van der Waals surface area contributed by atoms with Crippen molar-refractivity contribution in [1.29, 1.82) is 0 Å². The highest BCUT2D eigenvalue weighted by molar-refractivity contribution is 6.32. The molecule has 0 aliphatic heterocycles. The van der Waals surface area contributed by atoms with Crippen LogP contribution in [0.3, 0.4) is 0 Å². The number of ether oxygens (including phenoxy) is 2. The second-order valence-electron chi connectivity index (χ2n) is 5.79. The first-order chi connectivity index (χ1) is 10.2. The highest BCUT2D eigenvalue weighted by Gasteiger charge is 2.21. The summed E-state index contributed by atoms with van der Waals surface area (Å²) >= 11 is 6.29. The number of hydrogen-bond donors (Lipinski definition) is 1. The fourth-order valence-corrected chi connectivity index (χ4v) is 3.36. The fraction of sp³-hybridized carbons (Fsp3) is 0.647. The Morgan fingerprint density at radius 3 is 2.71 bits per heavy atom. The zero-order chi connectivity index (χ0) is 15.2. The van der Waals surface area contributed by atoms with Crippen molar-refractivity contribution < 1.29 is 9.47 Å². The highest BCUT2D eigenvalue weighted by Crippen LogP contribution is 2.36. The molecule has 0 radical (unpaired) electrons. The van der Waals surface area contributed by atoms with Crippen molar-refractivity contribution in [2.24, 2.45) is 5.92 Å². The van der Waals surface area contributed by atoms with E-state index in [1.165, 1.54) is 25.7 Å². The van der Waals surface area contributed by atoms with Crippen LogP contribution in [0.2, 0.25) is 5.02 Å². The van der Waals surface area contributed by atoms with E-state index in [0.717, 1.165) is 23.8 Å². The van der Waals surface area contributed by atoms with Crippen molar-refractivity contribution in [2.75, 3.05) is 13.7 Å². The Hall–Kier alpha value is -0.930. The molecule has 21 heavy (non-hydrogen) atoms. The van der Waals surface area contributed by atoms with Crippen molar-refractivity contribution in [3.05, 3.63) is 22.7 Å². The maximum atomic E-state index is 6.29. The van der Waals surface area contributed by atoms with Crippen molar-refractivity contribution in [3.8, 4) is 11.5 Å². The summed E-state index contributed by atoms with van der Waals surface area (Å²) in [6.07, 6.45) is 5.28. The number of methoxy groups -OCH3 is 1. The summed E-state index contributed by atoms with van der Waals surface area (Å²) in [7, 11) is 1.62.